The molecular formula is C14H24O2. The maximum Gasteiger partial charge on any atom is 0.306 e. The second-order valence-electron chi connectivity index (χ2n) is 3.30. The molecule has 0 fully saturated rings. The van der Waals surface area contributed by atoms with Crippen molar-refractivity contribution in [2.45, 2.75) is 41.0 Å². The Kier molecular flexibility index (Phi) is 12.6. The van der Waals surface area contributed by atoms with Crippen LogP contribution in [0.3, 0.4) is 0 Å². The zero-order chi connectivity index (χ0) is 13.0. The van der Waals surface area contributed by atoms with Gasteiger partial charge in [0.2, 0.25) is 0 Å². The summed E-state index contributed by atoms with van der Waals surface area (Å²) >= 11 is 0. The Labute approximate surface area is 99.3 Å². The van der Waals surface area contributed by atoms with Crippen LogP contribution in [0.2, 0.25) is 0 Å². The molecule has 0 bridgehead atoms. The van der Waals surface area contributed by atoms with Crippen molar-refractivity contribution < 1.29 is 9.90 Å². The van der Waals surface area contributed by atoms with Gasteiger partial charge in [0.1, 0.15) is 0 Å². The van der Waals surface area contributed by atoms with Crippen LogP contribution in [0.15, 0.2) is 30.3 Å². The maximum absolute atomic E-state index is 9.93. The Morgan fingerprint density at radius 1 is 1.25 bits per heavy atom. The van der Waals surface area contributed by atoms with Crippen molar-refractivity contribution in [1.82, 2.24) is 0 Å². The van der Waals surface area contributed by atoms with E-state index >= 15 is 0 Å². The molecule has 92 valence electrons. The quantitative estimate of drug-likeness (QED) is 0.819. The molecule has 0 spiro atoms. The van der Waals surface area contributed by atoms with Gasteiger partial charge in [-0.3, -0.25) is 4.79 Å². The predicted molar refractivity (Wildman–Crippen MR) is 69.6 cm³/mol. The van der Waals surface area contributed by atoms with E-state index in [1.54, 1.807) is 6.92 Å². The highest BCUT2D eigenvalue weighted by Gasteiger charge is 2.05. The van der Waals surface area contributed by atoms with Crippen molar-refractivity contribution in [3.8, 4) is 0 Å². The summed E-state index contributed by atoms with van der Waals surface area (Å²) in [5.41, 5.74) is 1.32. The summed E-state index contributed by atoms with van der Waals surface area (Å²) in [5, 5.41) is 8.18. The van der Waals surface area contributed by atoms with Crippen LogP contribution in [0.4, 0.5) is 0 Å². The van der Waals surface area contributed by atoms with Gasteiger partial charge in [0.05, 0.1) is 5.92 Å². The zero-order valence-corrected chi connectivity index (χ0v) is 11.0. The molecule has 2 heteroatoms. The minimum Gasteiger partial charge on any atom is -0.481 e. The first-order valence-electron chi connectivity index (χ1n) is 5.82. The summed E-state index contributed by atoms with van der Waals surface area (Å²) in [6, 6.07) is 10.3. The van der Waals surface area contributed by atoms with Gasteiger partial charge < -0.3 is 5.11 Å². The number of aliphatic carboxylic acids is 1. The fourth-order valence-corrected chi connectivity index (χ4v) is 0.709. The molecule has 1 rings (SSSR count). The number of aryl methyl sites for hydroxylation is 1. The summed E-state index contributed by atoms with van der Waals surface area (Å²) < 4.78 is 0. The van der Waals surface area contributed by atoms with Crippen LogP contribution in [0.5, 0.6) is 0 Å². The molecule has 1 aromatic rings. The van der Waals surface area contributed by atoms with E-state index in [1.807, 2.05) is 39.0 Å². The molecule has 0 aliphatic rings. The van der Waals surface area contributed by atoms with E-state index < -0.39 is 5.97 Å². The molecule has 0 heterocycles. The monoisotopic (exact) mass is 224 g/mol. The fourth-order valence-electron chi connectivity index (χ4n) is 0.709. The van der Waals surface area contributed by atoms with E-state index in [9.17, 15) is 4.79 Å². The van der Waals surface area contributed by atoms with Crippen LogP contribution in [0, 0.1) is 12.8 Å². The molecule has 0 saturated carbocycles. The first-order valence-corrected chi connectivity index (χ1v) is 5.82. The molecule has 1 N–H and O–H groups in total. The molecule has 0 aromatic heterocycles. The Balaban J connectivity index is 0. The van der Waals surface area contributed by atoms with E-state index in [2.05, 4.69) is 19.1 Å². The molecular weight excluding hydrogens is 200 g/mol. The molecule has 2 nitrogen and oxygen atoms in total. The average molecular weight is 224 g/mol. The number of hydrogen-bond donors (Lipinski definition) is 1. The third kappa shape index (κ3) is 10.8. The van der Waals surface area contributed by atoms with Gasteiger partial charge in [0.25, 0.3) is 0 Å². The SMILES string of the molecule is CC.CCC(C)C(=O)O.Cc1ccccc1. The maximum atomic E-state index is 9.93. The van der Waals surface area contributed by atoms with Gasteiger partial charge in [-0.15, -0.1) is 0 Å². The Hall–Kier alpha value is -1.31. The number of carboxylic acids is 1. The molecule has 16 heavy (non-hydrogen) atoms. The van der Waals surface area contributed by atoms with Crippen LogP contribution in [-0.2, 0) is 4.79 Å². The van der Waals surface area contributed by atoms with Crippen LogP contribution in [0.25, 0.3) is 0 Å². The van der Waals surface area contributed by atoms with Gasteiger partial charge in [-0.2, -0.15) is 0 Å². The lowest BCUT2D eigenvalue weighted by Crippen LogP contribution is -2.06. The molecule has 1 aromatic carbocycles. The summed E-state index contributed by atoms with van der Waals surface area (Å²) in [5.74, 6) is -0.887. The highest BCUT2D eigenvalue weighted by atomic mass is 16.4. The third-order valence-corrected chi connectivity index (χ3v) is 1.97. The summed E-state index contributed by atoms with van der Waals surface area (Å²) in [6.07, 6.45) is 0.718. The highest BCUT2D eigenvalue weighted by Crippen LogP contribution is 1.97. The average Bonchev–Trinajstić information content (AvgIpc) is 2.32. The number of benzene rings is 1. The molecule has 1 unspecified atom stereocenters. The van der Waals surface area contributed by atoms with Gasteiger partial charge in [0.15, 0.2) is 0 Å². The van der Waals surface area contributed by atoms with Crippen molar-refractivity contribution in [2.75, 3.05) is 0 Å². The summed E-state index contributed by atoms with van der Waals surface area (Å²) in [4.78, 5) is 9.93. The molecule has 0 aliphatic carbocycles. The van der Waals surface area contributed by atoms with E-state index in [0.717, 1.165) is 6.42 Å². The lowest BCUT2D eigenvalue weighted by atomic mass is 10.1. The summed E-state index contributed by atoms with van der Waals surface area (Å²) in [7, 11) is 0. The normalized spacial score (nSPS) is 10.1. The van der Waals surface area contributed by atoms with E-state index in [-0.39, 0.29) is 5.92 Å². The lowest BCUT2D eigenvalue weighted by molar-refractivity contribution is -0.141. The first-order chi connectivity index (χ1) is 7.57. The Morgan fingerprint density at radius 2 is 1.69 bits per heavy atom. The number of carboxylic acid groups (broad SMARTS) is 1. The van der Waals surface area contributed by atoms with Gasteiger partial charge in [-0.05, 0) is 13.3 Å². The minimum atomic E-state index is -0.706. The predicted octanol–water partition coefficient (Wildman–Crippen LogP) is 4.14. The van der Waals surface area contributed by atoms with Crippen molar-refractivity contribution >= 4 is 5.97 Å². The van der Waals surface area contributed by atoms with Crippen LogP contribution in [0.1, 0.15) is 39.7 Å². The van der Waals surface area contributed by atoms with Crippen LogP contribution in [-0.4, -0.2) is 11.1 Å². The van der Waals surface area contributed by atoms with Crippen molar-refractivity contribution in [2.24, 2.45) is 5.92 Å². The Bertz CT molecular complexity index is 255. The molecule has 0 saturated heterocycles. The number of carbonyl (C=O) groups is 1. The smallest absolute Gasteiger partial charge is 0.306 e. The second-order valence-corrected chi connectivity index (χ2v) is 3.30. The zero-order valence-electron chi connectivity index (χ0n) is 11.0. The molecule has 0 aliphatic heterocycles. The van der Waals surface area contributed by atoms with Crippen molar-refractivity contribution in [3.63, 3.8) is 0 Å². The van der Waals surface area contributed by atoms with Gasteiger partial charge in [-0.25, -0.2) is 0 Å². The third-order valence-electron chi connectivity index (χ3n) is 1.97. The summed E-state index contributed by atoms with van der Waals surface area (Å²) in [6.45, 7) is 9.64. The first kappa shape index (κ1) is 17.1. The van der Waals surface area contributed by atoms with E-state index in [4.69, 9.17) is 5.11 Å². The number of rotatable bonds is 2. The van der Waals surface area contributed by atoms with Gasteiger partial charge in [-0.1, -0.05) is 63.6 Å². The second kappa shape index (κ2) is 11.8. The largest absolute Gasteiger partial charge is 0.481 e. The highest BCUT2D eigenvalue weighted by molar-refractivity contribution is 5.69. The fraction of sp³-hybridized carbons (Fsp3) is 0.500. The molecule has 1 atom stereocenters. The van der Waals surface area contributed by atoms with Crippen molar-refractivity contribution in [1.29, 1.82) is 0 Å². The van der Waals surface area contributed by atoms with Crippen LogP contribution < -0.4 is 0 Å². The van der Waals surface area contributed by atoms with Crippen molar-refractivity contribution in [3.05, 3.63) is 35.9 Å². The molecule has 0 amide bonds. The molecule has 0 radical (unpaired) electrons. The lowest BCUT2D eigenvalue weighted by Gasteiger charge is -1.96. The van der Waals surface area contributed by atoms with E-state index in [0.29, 0.717) is 0 Å². The topological polar surface area (TPSA) is 37.3 Å². The van der Waals surface area contributed by atoms with Crippen LogP contribution >= 0.6 is 0 Å². The number of hydrogen-bond acceptors (Lipinski definition) is 1. The Morgan fingerprint density at radius 3 is 1.81 bits per heavy atom. The minimum absolute atomic E-state index is 0.181. The van der Waals surface area contributed by atoms with Gasteiger partial charge >= 0.3 is 5.97 Å². The van der Waals surface area contributed by atoms with Gasteiger partial charge in [0, 0.05) is 0 Å². The standard InChI is InChI=1S/C7H8.C5H10O2.C2H6/c1-7-5-3-2-4-6-7;1-3-4(2)5(6)7;1-2/h2-6H,1H3;4H,3H2,1-2H3,(H,6,7);1-2H3. The van der Waals surface area contributed by atoms with E-state index in [1.165, 1.54) is 5.56 Å².